The quantitative estimate of drug-likeness (QED) is 0.860. The Labute approximate surface area is 147 Å². The van der Waals surface area contributed by atoms with E-state index in [9.17, 15) is 4.79 Å². The molecule has 130 valence electrons. The Balaban J connectivity index is 1.47. The van der Waals surface area contributed by atoms with E-state index in [4.69, 9.17) is 4.74 Å². The van der Waals surface area contributed by atoms with E-state index in [0.29, 0.717) is 12.5 Å². The average molecular weight is 338 g/mol. The number of likely N-dealkylation sites (tertiary alicyclic amines) is 1. The first kappa shape index (κ1) is 16.1. The van der Waals surface area contributed by atoms with Crippen LogP contribution in [0.4, 0.5) is 0 Å². The van der Waals surface area contributed by atoms with E-state index < -0.39 is 0 Å². The van der Waals surface area contributed by atoms with Gasteiger partial charge in [-0.3, -0.25) is 9.78 Å². The van der Waals surface area contributed by atoms with Gasteiger partial charge in [0.2, 0.25) is 0 Å². The van der Waals surface area contributed by atoms with E-state index in [1.165, 1.54) is 0 Å². The molecule has 2 fully saturated rings. The lowest BCUT2D eigenvalue weighted by molar-refractivity contribution is -0.142. The molecule has 4 heterocycles. The molecule has 0 aromatic carbocycles. The van der Waals surface area contributed by atoms with E-state index in [0.717, 1.165) is 55.6 Å². The summed E-state index contributed by atoms with van der Waals surface area (Å²) in [5.74, 6) is 0.507. The lowest BCUT2D eigenvalue weighted by Crippen LogP contribution is -2.43. The van der Waals surface area contributed by atoms with Crippen molar-refractivity contribution in [2.45, 2.75) is 37.7 Å². The summed E-state index contributed by atoms with van der Waals surface area (Å²) in [7, 11) is 0. The van der Waals surface area contributed by atoms with Crippen LogP contribution in [-0.2, 0) is 9.53 Å². The van der Waals surface area contributed by atoms with Gasteiger partial charge in [0, 0.05) is 49.8 Å². The van der Waals surface area contributed by atoms with Crippen LogP contribution in [0.2, 0.25) is 0 Å². The predicted octanol–water partition coefficient (Wildman–Crippen LogP) is 2.42. The Hall–Kier alpha value is -2.34. The number of aromatic nitrogens is 3. The van der Waals surface area contributed by atoms with Crippen molar-refractivity contribution >= 4 is 5.91 Å². The van der Waals surface area contributed by atoms with Gasteiger partial charge in [0.15, 0.2) is 0 Å². The van der Waals surface area contributed by atoms with E-state index in [1.807, 2.05) is 23.2 Å². The van der Waals surface area contributed by atoms with Crippen molar-refractivity contribution in [3.8, 4) is 11.1 Å². The molecule has 1 amide bonds. The molecule has 1 atom stereocenters. The molecule has 2 aliphatic rings. The number of pyridine rings is 1. The minimum absolute atomic E-state index is 0.160. The number of carbonyl (C=O) groups excluding carboxylic acids is 1. The highest BCUT2D eigenvalue weighted by Crippen LogP contribution is 2.33. The molecule has 2 aromatic heterocycles. The van der Waals surface area contributed by atoms with Crippen LogP contribution in [0.3, 0.4) is 0 Å². The Morgan fingerprint density at radius 2 is 1.92 bits per heavy atom. The lowest BCUT2D eigenvalue weighted by Gasteiger charge is -2.33. The molecule has 0 bridgehead atoms. The van der Waals surface area contributed by atoms with Gasteiger partial charge >= 0.3 is 0 Å². The zero-order chi connectivity index (χ0) is 17.1. The van der Waals surface area contributed by atoms with Crippen molar-refractivity contribution in [3.05, 3.63) is 42.7 Å². The zero-order valence-corrected chi connectivity index (χ0v) is 14.2. The van der Waals surface area contributed by atoms with Crippen LogP contribution in [0.15, 0.2) is 37.1 Å². The number of piperidine rings is 1. The summed E-state index contributed by atoms with van der Waals surface area (Å²) in [6.45, 7) is 2.25. The molecular formula is C19H22N4O2. The van der Waals surface area contributed by atoms with Crippen molar-refractivity contribution in [1.82, 2.24) is 19.9 Å². The summed E-state index contributed by atoms with van der Waals surface area (Å²) in [6.07, 6.45) is 10.5. The van der Waals surface area contributed by atoms with Crippen molar-refractivity contribution in [2.24, 2.45) is 0 Å². The molecule has 0 spiro atoms. The monoisotopic (exact) mass is 338 g/mol. The van der Waals surface area contributed by atoms with Crippen LogP contribution in [0.1, 0.15) is 37.3 Å². The molecular weight excluding hydrogens is 316 g/mol. The topological polar surface area (TPSA) is 68.2 Å². The highest BCUT2D eigenvalue weighted by molar-refractivity contribution is 5.81. The summed E-state index contributed by atoms with van der Waals surface area (Å²) >= 11 is 0. The van der Waals surface area contributed by atoms with Crippen molar-refractivity contribution in [3.63, 3.8) is 0 Å². The van der Waals surface area contributed by atoms with Gasteiger partial charge in [-0.2, -0.15) is 0 Å². The highest BCUT2D eigenvalue weighted by Gasteiger charge is 2.32. The first-order valence-electron chi connectivity index (χ1n) is 8.93. The normalized spacial score (nSPS) is 21.4. The second-order valence-electron chi connectivity index (χ2n) is 6.66. The molecule has 25 heavy (non-hydrogen) atoms. The first-order chi connectivity index (χ1) is 12.3. The SMILES string of the molecule is O=C([C@@H]1CCCO1)N1CCC(c2ncncc2-c2ccncc2)CC1. The second kappa shape index (κ2) is 7.27. The van der Waals surface area contributed by atoms with Gasteiger partial charge in [0.05, 0.1) is 5.69 Å². The summed E-state index contributed by atoms with van der Waals surface area (Å²) in [5.41, 5.74) is 3.22. The van der Waals surface area contributed by atoms with Gasteiger partial charge in [0.1, 0.15) is 12.4 Å². The van der Waals surface area contributed by atoms with Gasteiger partial charge in [-0.15, -0.1) is 0 Å². The van der Waals surface area contributed by atoms with Crippen LogP contribution >= 0.6 is 0 Å². The van der Waals surface area contributed by atoms with E-state index in [-0.39, 0.29) is 12.0 Å². The lowest BCUT2D eigenvalue weighted by atomic mass is 9.89. The van der Waals surface area contributed by atoms with E-state index >= 15 is 0 Å². The smallest absolute Gasteiger partial charge is 0.251 e. The van der Waals surface area contributed by atoms with Gasteiger partial charge in [-0.05, 0) is 43.4 Å². The molecule has 6 heteroatoms. The van der Waals surface area contributed by atoms with Gasteiger partial charge in [-0.25, -0.2) is 9.97 Å². The van der Waals surface area contributed by atoms with Crippen molar-refractivity contribution in [1.29, 1.82) is 0 Å². The fourth-order valence-electron chi connectivity index (χ4n) is 3.77. The third kappa shape index (κ3) is 3.39. The van der Waals surface area contributed by atoms with E-state index in [2.05, 4.69) is 15.0 Å². The molecule has 2 aromatic rings. The highest BCUT2D eigenvalue weighted by atomic mass is 16.5. The maximum atomic E-state index is 12.5. The number of hydrogen-bond donors (Lipinski definition) is 0. The Morgan fingerprint density at radius 3 is 2.64 bits per heavy atom. The second-order valence-corrected chi connectivity index (χ2v) is 6.66. The molecule has 4 rings (SSSR count). The van der Waals surface area contributed by atoms with Gasteiger partial charge < -0.3 is 9.64 Å². The number of rotatable bonds is 3. The number of ether oxygens (including phenoxy) is 1. The van der Waals surface area contributed by atoms with Crippen LogP contribution in [0, 0.1) is 0 Å². The largest absolute Gasteiger partial charge is 0.368 e. The fraction of sp³-hybridized carbons (Fsp3) is 0.474. The fourth-order valence-corrected chi connectivity index (χ4v) is 3.77. The maximum Gasteiger partial charge on any atom is 0.251 e. The minimum Gasteiger partial charge on any atom is -0.368 e. The van der Waals surface area contributed by atoms with Crippen LogP contribution in [0.5, 0.6) is 0 Å². The molecule has 0 unspecified atom stereocenters. The molecule has 2 saturated heterocycles. The molecule has 0 saturated carbocycles. The molecule has 0 radical (unpaired) electrons. The van der Waals surface area contributed by atoms with Crippen molar-refractivity contribution in [2.75, 3.05) is 19.7 Å². The minimum atomic E-state index is -0.219. The van der Waals surface area contributed by atoms with Gasteiger partial charge in [-0.1, -0.05) is 0 Å². The number of carbonyl (C=O) groups is 1. The Morgan fingerprint density at radius 1 is 1.12 bits per heavy atom. The maximum absolute atomic E-state index is 12.5. The van der Waals surface area contributed by atoms with Crippen LogP contribution in [-0.4, -0.2) is 51.6 Å². The number of hydrogen-bond acceptors (Lipinski definition) is 5. The van der Waals surface area contributed by atoms with Crippen LogP contribution in [0.25, 0.3) is 11.1 Å². The van der Waals surface area contributed by atoms with Crippen molar-refractivity contribution < 1.29 is 9.53 Å². The van der Waals surface area contributed by atoms with E-state index in [1.54, 1.807) is 18.7 Å². The molecule has 6 nitrogen and oxygen atoms in total. The molecule has 0 aliphatic carbocycles. The molecule has 0 N–H and O–H groups in total. The standard InChI is InChI=1S/C19H22N4O2/c24-19(17-2-1-11-25-17)23-9-5-15(6-10-23)18-16(12-21-13-22-18)14-3-7-20-8-4-14/h3-4,7-8,12-13,15,17H,1-2,5-6,9-11H2/t17-/m0/s1. The Bertz CT molecular complexity index is 723. The number of nitrogens with zero attached hydrogens (tertiary/aromatic N) is 4. The third-order valence-corrected chi connectivity index (χ3v) is 5.13. The summed E-state index contributed by atoms with van der Waals surface area (Å²) in [5, 5.41) is 0. The predicted molar refractivity (Wildman–Crippen MR) is 92.8 cm³/mol. The van der Waals surface area contributed by atoms with Gasteiger partial charge in [0.25, 0.3) is 5.91 Å². The Kier molecular flexibility index (Phi) is 4.70. The first-order valence-corrected chi connectivity index (χ1v) is 8.93. The molecule has 2 aliphatic heterocycles. The average Bonchev–Trinajstić information content (AvgIpc) is 3.23. The third-order valence-electron chi connectivity index (χ3n) is 5.13. The summed E-state index contributed by atoms with van der Waals surface area (Å²) in [6, 6.07) is 3.97. The summed E-state index contributed by atoms with van der Waals surface area (Å²) < 4.78 is 5.54. The summed E-state index contributed by atoms with van der Waals surface area (Å²) in [4.78, 5) is 27.3. The number of amides is 1. The van der Waals surface area contributed by atoms with Crippen LogP contribution < -0.4 is 0 Å². The zero-order valence-electron chi connectivity index (χ0n) is 14.2.